The molecule has 1 amide bonds. The number of sulfonamides is 1. The molecular weight excluding hydrogens is 392 g/mol. The summed E-state index contributed by atoms with van der Waals surface area (Å²) in [5, 5.41) is 2.87. The molecule has 0 saturated carbocycles. The van der Waals surface area contributed by atoms with Gasteiger partial charge in [0.2, 0.25) is 15.9 Å². The number of nitrogens with one attached hydrogen (secondary N) is 1. The third kappa shape index (κ3) is 4.83. The van der Waals surface area contributed by atoms with Crippen LogP contribution in [0.2, 0.25) is 0 Å². The van der Waals surface area contributed by atoms with Crippen LogP contribution in [0.3, 0.4) is 0 Å². The van der Waals surface area contributed by atoms with Crippen LogP contribution in [0.1, 0.15) is 30.1 Å². The van der Waals surface area contributed by atoms with Crippen LogP contribution in [-0.4, -0.2) is 44.6 Å². The molecule has 0 aromatic heterocycles. The van der Waals surface area contributed by atoms with E-state index in [0.717, 1.165) is 0 Å². The van der Waals surface area contributed by atoms with E-state index in [-0.39, 0.29) is 35.6 Å². The molecule has 154 valence electrons. The highest BCUT2D eigenvalue weighted by molar-refractivity contribution is 7.89. The quantitative estimate of drug-likeness (QED) is 0.731. The second-order valence-corrected chi connectivity index (χ2v) is 8.92. The Balaban J connectivity index is 1.62. The number of rotatable bonds is 6. The molecule has 1 fully saturated rings. The Hall–Kier alpha value is -2.71. The molecule has 2 aromatic rings. The lowest BCUT2D eigenvalue weighted by Gasteiger charge is -2.30. The molecule has 0 atom stereocenters. The van der Waals surface area contributed by atoms with Crippen LogP contribution in [0.5, 0.6) is 5.75 Å². The number of anilines is 1. The summed E-state index contributed by atoms with van der Waals surface area (Å²) in [4.78, 5) is 24.2. The molecule has 1 N–H and O–H groups in total. The Morgan fingerprint density at radius 2 is 1.72 bits per heavy atom. The van der Waals surface area contributed by atoms with Gasteiger partial charge in [-0.3, -0.25) is 9.59 Å². The largest absolute Gasteiger partial charge is 0.497 e. The maximum atomic E-state index is 12.9. The summed E-state index contributed by atoms with van der Waals surface area (Å²) in [6.45, 7) is 1.92. The van der Waals surface area contributed by atoms with Crippen LogP contribution in [0.4, 0.5) is 5.69 Å². The third-order valence-electron chi connectivity index (χ3n) is 5.06. The molecule has 8 heteroatoms. The molecule has 1 heterocycles. The van der Waals surface area contributed by atoms with E-state index in [9.17, 15) is 18.0 Å². The Morgan fingerprint density at radius 3 is 2.31 bits per heavy atom. The van der Waals surface area contributed by atoms with Crippen molar-refractivity contribution in [2.24, 2.45) is 5.92 Å². The number of carbonyl (C=O) groups excluding carboxylic acids is 2. The molecule has 0 bridgehead atoms. The maximum Gasteiger partial charge on any atom is 0.243 e. The molecule has 29 heavy (non-hydrogen) atoms. The summed E-state index contributed by atoms with van der Waals surface area (Å²) >= 11 is 0. The number of ketones is 1. The molecule has 1 aliphatic rings. The number of Topliss-reactive ketones (excluding diaryl/α,β-unsaturated/α-hetero) is 1. The van der Waals surface area contributed by atoms with Gasteiger partial charge in [0.1, 0.15) is 5.75 Å². The van der Waals surface area contributed by atoms with Crippen LogP contribution >= 0.6 is 0 Å². The van der Waals surface area contributed by atoms with Crippen molar-refractivity contribution in [1.82, 2.24) is 4.31 Å². The van der Waals surface area contributed by atoms with Crippen molar-refractivity contribution < 1.29 is 22.7 Å². The first kappa shape index (κ1) is 21.0. The van der Waals surface area contributed by atoms with Crippen molar-refractivity contribution in [3.63, 3.8) is 0 Å². The van der Waals surface area contributed by atoms with Crippen LogP contribution < -0.4 is 10.1 Å². The van der Waals surface area contributed by atoms with Gasteiger partial charge in [-0.1, -0.05) is 12.1 Å². The number of hydrogen-bond acceptors (Lipinski definition) is 5. The van der Waals surface area contributed by atoms with E-state index in [4.69, 9.17) is 4.74 Å². The minimum atomic E-state index is -3.70. The van der Waals surface area contributed by atoms with Gasteiger partial charge in [0.15, 0.2) is 5.78 Å². The molecule has 1 aliphatic heterocycles. The lowest BCUT2D eigenvalue weighted by atomic mass is 9.97. The lowest BCUT2D eigenvalue weighted by molar-refractivity contribution is -0.120. The average molecular weight is 416 g/mol. The van der Waals surface area contributed by atoms with Gasteiger partial charge in [-0.05, 0) is 56.2 Å². The Labute approximate surface area is 170 Å². The van der Waals surface area contributed by atoms with Crippen molar-refractivity contribution in [2.75, 3.05) is 25.5 Å². The van der Waals surface area contributed by atoms with E-state index >= 15 is 0 Å². The van der Waals surface area contributed by atoms with E-state index < -0.39 is 10.0 Å². The number of piperidine rings is 1. The highest BCUT2D eigenvalue weighted by Gasteiger charge is 2.32. The van der Waals surface area contributed by atoms with E-state index in [2.05, 4.69) is 5.32 Å². The SMILES string of the molecule is COc1ccc(NC(=O)C2CCN(S(=O)(=O)c3cccc(C(C)=O)c3)CC2)cc1. The Bertz CT molecular complexity index is 994. The number of nitrogens with zero attached hydrogens (tertiary/aromatic N) is 1. The predicted molar refractivity (Wildman–Crippen MR) is 110 cm³/mol. The fourth-order valence-electron chi connectivity index (χ4n) is 3.30. The van der Waals surface area contributed by atoms with Crippen LogP contribution in [0, 0.1) is 5.92 Å². The van der Waals surface area contributed by atoms with Crippen molar-refractivity contribution in [3.8, 4) is 5.75 Å². The van der Waals surface area contributed by atoms with Gasteiger partial charge in [-0.15, -0.1) is 0 Å². The molecule has 0 radical (unpaired) electrons. The second kappa shape index (κ2) is 8.75. The molecule has 1 saturated heterocycles. The fraction of sp³-hybridized carbons (Fsp3) is 0.333. The zero-order valence-corrected chi connectivity index (χ0v) is 17.2. The van der Waals surface area contributed by atoms with Gasteiger partial charge in [-0.25, -0.2) is 8.42 Å². The molecule has 3 rings (SSSR count). The van der Waals surface area contributed by atoms with Gasteiger partial charge < -0.3 is 10.1 Å². The minimum absolute atomic E-state index is 0.103. The van der Waals surface area contributed by atoms with E-state index in [0.29, 0.717) is 29.8 Å². The second-order valence-electron chi connectivity index (χ2n) is 6.98. The fourth-order valence-corrected chi connectivity index (χ4v) is 4.82. The van der Waals surface area contributed by atoms with Crippen LogP contribution in [0.25, 0.3) is 0 Å². The highest BCUT2D eigenvalue weighted by atomic mass is 32.2. The molecular formula is C21H24N2O5S. The standard InChI is InChI=1S/C21H24N2O5S/c1-15(24)17-4-3-5-20(14-17)29(26,27)23-12-10-16(11-13-23)21(25)22-18-6-8-19(28-2)9-7-18/h3-9,14,16H,10-13H2,1-2H3,(H,22,25). The van der Waals surface area contributed by atoms with Crippen molar-refractivity contribution in [3.05, 3.63) is 54.1 Å². The van der Waals surface area contributed by atoms with Gasteiger partial charge in [0, 0.05) is 30.3 Å². The summed E-state index contributed by atoms with van der Waals surface area (Å²) < 4.78 is 32.3. The van der Waals surface area contributed by atoms with Crippen molar-refractivity contribution >= 4 is 27.4 Å². The first-order valence-corrected chi connectivity index (χ1v) is 10.8. The number of ether oxygens (including phenoxy) is 1. The monoisotopic (exact) mass is 416 g/mol. The van der Waals surface area contributed by atoms with Crippen molar-refractivity contribution in [2.45, 2.75) is 24.7 Å². The Kier molecular flexibility index (Phi) is 6.34. The number of amides is 1. The summed E-state index contributed by atoms with van der Waals surface area (Å²) in [5.41, 5.74) is 1.03. The van der Waals surface area contributed by atoms with Crippen LogP contribution in [0.15, 0.2) is 53.4 Å². The minimum Gasteiger partial charge on any atom is -0.497 e. The predicted octanol–water partition coefficient (Wildman–Crippen LogP) is 2.94. The van der Waals surface area contributed by atoms with Crippen molar-refractivity contribution in [1.29, 1.82) is 0 Å². The number of carbonyl (C=O) groups is 2. The number of methoxy groups -OCH3 is 1. The lowest BCUT2D eigenvalue weighted by Crippen LogP contribution is -2.41. The molecule has 0 unspecified atom stereocenters. The summed E-state index contributed by atoms with van der Waals surface area (Å²) in [6.07, 6.45) is 0.876. The van der Waals surface area contributed by atoms with E-state index in [1.165, 1.54) is 23.4 Å². The average Bonchev–Trinajstić information content (AvgIpc) is 2.74. The normalized spacial score (nSPS) is 15.7. The molecule has 0 aliphatic carbocycles. The first-order chi connectivity index (χ1) is 13.8. The summed E-state index contributed by atoms with van der Waals surface area (Å²) in [6, 6.07) is 13.1. The zero-order valence-electron chi connectivity index (χ0n) is 16.4. The van der Waals surface area contributed by atoms with Gasteiger partial charge in [0.05, 0.1) is 12.0 Å². The number of hydrogen-bond donors (Lipinski definition) is 1. The first-order valence-electron chi connectivity index (χ1n) is 9.37. The van der Waals surface area contributed by atoms with E-state index in [1.54, 1.807) is 43.5 Å². The topological polar surface area (TPSA) is 92.8 Å². The molecule has 0 spiro atoms. The molecule has 7 nitrogen and oxygen atoms in total. The maximum absolute atomic E-state index is 12.9. The number of benzene rings is 2. The molecule has 2 aromatic carbocycles. The van der Waals surface area contributed by atoms with Crippen LogP contribution in [-0.2, 0) is 14.8 Å². The third-order valence-corrected chi connectivity index (χ3v) is 6.96. The zero-order chi connectivity index (χ0) is 21.0. The van der Waals surface area contributed by atoms with E-state index in [1.807, 2.05) is 0 Å². The van der Waals surface area contributed by atoms with Gasteiger partial charge in [-0.2, -0.15) is 4.31 Å². The summed E-state index contributed by atoms with van der Waals surface area (Å²) in [5.74, 6) is 0.143. The van der Waals surface area contributed by atoms with Gasteiger partial charge >= 0.3 is 0 Å². The highest BCUT2D eigenvalue weighted by Crippen LogP contribution is 2.26. The Morgan fingerprint density at radius 1 is 1.07 bits per heavy atom. The summed E-state index contributed by atoms with van der Waals surface area (Å²) in [7, 11) is -2.12. The van der Waals surface area contributed by atoms with Gasteiger partial charge in [0.25, 0.3) is 0 Å². The smallest absolute Gasteiger partial charge is 0.243 e.